The number of hydrogen-bond donors (Lipinski definition) is 1. The summed E-state index contributed by atoms with van der Waals surface area (Å²) in [7, 11) is 0. The molecule has 0 radical (unpaired) electrons. The molecule has 3 heteroatoms. The molecule has 0 fully saturated rings. The van der Waals surface area contributed by atoms with Crippen LogP contribution in [0, 0.1) is 5.92 Å². The highest BCUT2D eigenvalue weighted by molar-refractivity contribution is 4.97. The van der Waals surface area contributed by atoms with Crippen LogP contribution in [0.3, 0.4) is 0 Å². The van der Waals surface area contributed by atoms with Gasteiger partial charge in [0.25, 0.3) is 0 Å². The van der Waals surface area contributed by atoms with E-state index in [1.165, 1.54) is 12.2 Å². The molecule has 1 aliphatic heterocycles. The number of hydrogen-bond acceptors (Lipinski definition) is 2. The Labute approximate surface area is 72.6 Å². The summed E-state index contributed by atoms with van der Waals surface area (Å²) in [6, 6.07) is 0. The van der Waals surface area contributed by atoms with E-state index >= 15 is 0 Å². The maximum absolute atomic E-state index is 5.53. The van der Waals surface area contributed by atoms with Gasteiger partial charge < -0.3 is 10.3 Å². The molecule has 0 aliphatic carbocycles. The zero-order chi connectivity index (χ0) is 8.39. The lowest BCUT2D eigenvalue weighted by molar-refractivity contribution is 0.365. The van der Waals surface area contributed by atoms with Gasteiger partial charge in [-0.2, -0.15) is 0 Å². The van der Waals surface area contributed by atoms with E-state index in [2.05, 4.69) is 15.7 Å². The Kier molecular flexibility index (Phi) is 2.13. The molecule has 0 aromatic carbocycles. The van der Waals surface area contributed by atoms with Crippen LogP contribution in [0.15, 0.2) is 12.4 Å². The maximum atomic E-state index is 5.53. The zero-order valence-electron chi connectivity index (χ0n) is 7.24. The van der Waals surface area contributed by atoms with Crippen molar-refractivity contribution in [2.24, 2.45) is 11.7 Å². The second-order valence-corrected chi connectivity index (χ2v) is 3.47. The number of nitrogens with zero attached hydrogens (tertiary/aromatic N) is 2. The van der Waals surface area contributed by atoms with E-state index in [-0.39, 0.29) is 0 Å². The molecule has 1 aliphatic rings. The average Bonchev–Trinajstić information content (AvgIpc) is 2.51. The molecule has 1 unspecified atom stereocenters. The minimum Gasteiger partial charge on any atom is -0.335 e. The van der Waals surface area contributed by atoms with Crippen molar-refractivity contribution in [3.63, 3.8) is 0 Å². The van der Waals surface area contributed by atoms with Crippen LogP contribution in [-0.2, 0) is 13.0 Å². The second kappa shape index (κ2) is 3.27. The molecule has 0 saturated heterocycles. The molecule has 0 spiro atoms. The predicted molar refractivity (Wildman–Crippen MR) is 47.7 cm³/mol. The number of aryl methyl sites for hydroxylation is 1. The van der Waals surface area contributed by atoms with Gasteiger partial charge in [-0.3, -0.25) is 0 Å². The molecule has 2 N–H and O–H groups in total. The maximum Gasteiger partial charge on any atom is 0.108 e. The summed E-state index contributed by atoms with van der Waals surface area (Å²) in [5.74, 6) is 2.00. The van der Waals surface area contributed by atoms with E-state index in [1.807, 2.05) is 6.20 Å². The monoisotopic (exact) mass is 165 g/mol. The third-order valence-corrected chi connectivity index (χ3v) is 2.63. The van der Waals surface area contributed by atoms with Gasteiger partial charge in [-0.1, -0.05) is 0 Å². The summed E-state index contributed by atoms with van der Waals surface area (Å²) < 4.78 is 2.24. The molecule has 0 amide bonds. The Bertz CT molecular complexity index is 254. The highest BCUT2D eigenvalue weighted by atomic mass is 15.1. The zero-order valence-corrected chi connectivity index (χ0v) is 7.24. The molecule has 66 valence electrons. The Morgan fingerprint density at radius 1 is 1.67 bits per heavy atom. The highest BCUT2D eigenvalue weighted by Crippen LogP contribution is 2.20. The average molecular weight is 165 g/mol. The van der Waals surface area contributed by atoms with Crippen molar-refractivity contribution < 1.29 is 0 Å². The topological polar surface area (TPSA) is 43.8 Å². The third-order valence-electron chi connectivity index (χ3n) is 2.63. The van der Waals surface area contributed by atoms with Crippen LogP contribution in [0.4, 0.5) is 0 Å². The van der Waals surface area contributed by atoms with Gasteiger partial charge in [0.05, 0.1) is 0 Å². The summed E-state index contributed by atoms with van der Waals surface area (Å²) >= 11 is 0. The summed E-state index contributed by atoms with van der Waals surface area (Å²) in [5, 5.41) is 0. The van der Waals surface area contributed by atoms with Crippen LogP contribution in [0.1, 0.15) is 18.7 Å². The lowest BCUT2D eigenvalue weighted by Gasteiger charge is -2.22. The SMILES string of the molecule is NCCC1CCn2ccnc2C1. The van der Waals surface area contributed by atoms with E-state index in [4.69, 9.17) is 5.73 Å². The Morgan fingerprint density at radius 2 is 2.58 bits per heavy atom. The van der Waals surface area contributed by atoms with Crippen LogP contribution in [0.2, 0.25) is 0 Å². The summed E-state index contributed by atoms with van der Waals surface area (Å²) in [6.07, 6.45) is 7.48. The Balaban J connectivity index is 2.05. The lowest BCUT2D eigenvalue weighted by atomic mass is 9.94. The normalized spacial score (nSPS) is 22.2. The highest BCUT2D eigenvalue weighted by Gasteiger charge is 2.17. The second-order valence-electron chi connectivity index (χ2n) is 3.47. The molecule has 1 atom stereocenters. The first kappa shape index (κ1) is 7.80. The fourth-order valence-corrected chi connectivity index (χ4v) is 1.90. The van der Waals surface area contributed by atoms with Crippen molar-refractivity contribution in [2.45, 2.75) is 25.8 Å². The van der Waals surface area contributed by atoms with E-state index < -0.39 is 0 Å². The predicted octanol–water partition coefficient (Wildman–Crippen LogP) is 0.794. The molecule has 3 nitrogen and oxygen atoms in total. The molecule has 2 heterocycles. The first-order valence-electron chi connectivity index (χ1n) is 4.60. The van der Waals surface area contributed by atoms with Crippen LogP contribution < -0.4 is 5.73 Å². The molecule has 1 aromatic heterocycles. The first-order chi connectivity index (χ1) is 5.90. The van der Waals surface area contributed by atoms with E-state index in [1.54, 1.807) is 0 Å². The molecule has 12 heavy (non-hydrogen) atoms. The minimum atomic E-state index is 0.768. The number of rotatable bonds is 2. The molecule has 0 bridgehead atoms. The number of aromatic nitrogens is 2. The van der Waals surface area contributed by atoms with Gasteiger partial charge in [0.1, 0.15) is 5.82 Å². The summed E-state index contributed by atoms with van der Waals surface area (Å²) in [4.78, 5) is 4.31. The van der Waals surface area contributed by atoms with Gasteiger partial charge in [-0.15, -0.1) is 0 Å². The van der Waals surface area contributed by atoms with E-state index in [9.17, 15) is 0 Å². The number of nitrogens with two attached hydrogens (primary N) is 1. The third kappa shape index (κ3) is 1.37. The van der Waals surface area contributed by atoms with E-state index in [0.717, 1.165) is 31.8 Å². The lowest BCUT2D eigenvalue weighted by Crippen LogP contribution is -2.21. The first-order valence-corrected chi connectivity index (χ1v) is 4.60. The standard InChI is InChI=1S/C9H15N3/c10-3-1-8-2-5-12-6-4-11-9(12)7-8/h4,6,8H,1-3,5,7,10H2. The van der Waals surface area contributed by atoms with Crippen molar-refractivity contribution in [3.8, 4) is 0 Å². The Hall–Kier alpha value is -0.830. The quantitative estimate of drug-likeness (QED) is 0.704. The molecule has 0 saturated carbocycles. The van der Waals surface area contributed by atoms with Crippen molar-refractivity contribution >= 4 is 0 Å². The van der Waals surface area contributed by atoms with Gasteiger partial charge in [0.2, 0.25) is 0 Å². The minimum absolute atomic E-state index is 0.768. The van der Waals surface area contributed by atoms with E-state index in [0.29, 0.717) is 0 Å². The summed E-state index contributed by atoms with van der Waals surface area (Å²) in [6.45, 7) is 1.94. The van der Waals surface area contributed by atoms with Gasteiger partial charge in [0.15, 0.2) is 0 Å². The fraction of sp³-hybridized carbons (Fsp3) is 0.667. The van der Waals surface area contributed by atoms with Crippen molar-refractivity contribution in [2.75, 3.05) is 6.54 Å². The van der Waals surface area contributed by atoms with Crippen LogP contribution >= 0.6 is 0 Å². The van der Waals surface area contributed by atoms with Crippen molar-refractivity contribution in [1.82, 2.24) is 9.55 Å². The molecular weight excluding hydrogens is 150 g/mol. The molecule has 1 aromatic rings. The fourth-order valence-electron chi connectivity index (χ4n) is 1.90. The Morgan fingerprint density at radius 3 is 3.42 bits per heavy atom. The van der Waals surface area contributed by atoms with Gasteiger partial charge >= 0.3 is 0 Å². The van der Waals surface area contributed by atoms with Crippen LogP contribution in [0.5, 0.6) is 0 Å². The van der Waals surface area contributed by atoms with Gasteiger partial charge in [-0.25, -0.2) is 4.98 Å². The smallest absolute Gasteiger partial charge is 0.108 e. The molecule has 2 rings (SSSR count). The summed E-state index contributed by atoms with van der Waals surface area (Å²) in [5.41, 5.74) is 5.53. The van der Waals surface area contributed by atoms with Gasteiger partial charge in [-0.05, 0) is 25.3 Å². The number of imidazole rings is 1. The van der Waals surface area contributed by atoms with Gasteiger partial charge in [0, 0.05) is 25.4 Å². The number of fused-ring (bicyclic) bond motifs is 1. The molecular formula is C9H15N3. The van der Waals surface area contributed by atoms with Crippen LogP contribution in [0.25, 0.3) is 0 Å². The van der Waals surface area contributed by atoms with Crippen molar-refractivity contribution in [3.05, 3.63) is 18.2 Å². The largest absolute Gasteiger partial charge is 0.335 e. The van der Waals surface area contributed by atoms with Crippen LogP contribution in [-0.4, -0.2) is 16.1 Å². The van der Waals surface area contributed by atoms with Crippen molar-refractivity contribution in [1.29, 1.82) is 0 Å².